The number of nitrogens with two attached hydrogens (primary N) is 1. The van der Waals surface area contributed by atoms with Gasteiger partial charge in [0.05, 0.1) is 10.7 Å². The highest BCUT2D eigenvalue weighted by Crippen LogP contribution is 2.27. The third-order valence-electron chi connectivity index (χ3n) is 3.24. The molecule has 1 aliphatic rings. The molecule has 17 heavy (non-hydrogen) atoms. The Morgan fingerprint density at radius 3 is 2.94 bits per heavy atom. The molecule has 0 bridgehead atoms. The maximum Gasteiger partial charge on any atom is 0.0656 e. The largest absolute Gasteiger partial charge is 0.398 e. The number of aryl methyl sites for hydroxylation is 1. The third-order valence-corrected chi connectivity index (χ3v) is 3.57. The van der Waals surface area contributed by atoms with Gasteiger partial charge in [-0.2, -0.15) is 0 Å². The van der Waals surface area contributed by atoms with Gasteiger partial charge in [0.15, 0.2) is 0 Å². The second-order valence-corrected chi connectivity index (χ2v) is 5.03. The standard InChI is InChI=1S/C14H19ClN2/c1-10-8-13(16)12(15)9-14(10)17-7-6-11-4-2-3-5-11/h4,8-9,17H,2-3,5-7,16H2,1H3. The van der Waals surface area contributed by atoms with Crippen molar-refractivity contribution in [2.75, 3.05) is 17.6 Å². The summed E-state index contributed by atoms with van der Waals surface area (Å²) in [7, 11) is 0. The van der Waals surface area contributed by atoms with E-state index in [0.717, 1.165) is 24.2 Å². The fourth-order valence-corrected chi connectivity index (χ4v) is 2.38. The fourth-order valence-electron chi connectivity index (χ4n) is 2.22. The van der Waals surface area contributed by atoms with Crippen molar-refractivity contribution in [2.24, 2.45) is 0 Å². The van der Waals surface area contributed by atoms with Crippen LogP contribution in [0.5, 0.6) is 0 Å². The molecule has 0 heterocycles. The van der Waals surface area contributed by atoms with Gasteiger partial charge < -0.3 is 11.1 Å². The second kappa shape index (κ2) is 5.46. The zero-order valence-corrected chi connectivity index (χ0v) is 11.0. The Balaban J connectivity index is 1.92. The minimum atomic E-state index is 0.623. The van der Waals surface area contributed by atoms with Gasteiger partial charge >= 0.3 is 0 Å². The number of benzene rings is 1. The van der Waals surface area contributed by atoms with Gasteiger partial charge in [0.25, 0.3) is 0 Å². The molecule has 0 aromatic heterocycles. The molecule has 0 saturated carbocycles. The third kappa shape index (κ3) is 3.16. The van der Waals surface area contributed by atoms with Crippen LogP contribution < -0.4 is 11.1 Å². The molecule has 0 radical (unpaired) electrons. The van der Waals surface area contributed by atoms with Crippen LogP contribution in [-0.4, -0.2) is 6.54 Å². The Kier molecular flexibility index (Phi) is 3.95. The minimum absolute atomic E-state index is 0.623. The van der Waals surface area contributed by atoms with Gasteiger partial charge in [-0.1, -0.05) is 23.3 Å². The number of rotatable bonds is 4. The summed E-state index contributed by atoms with van der Waals surface area (Å²) in [5, 5.41) is 4.05. The molecule has 92 valence electrons. The Hall–Kier alpha value is -1.15. The quantitative estimate of drug-likeness (QED) is 0.623. The molecular formula is C14H19ClN2. The van der Waals surface area contributed by atoms with E-state index >= 15 is 0 Å². The summed E-state index contributed by atoms with van der Waals surface area (Å²) in [5.41, 5.74) is 10.2. The van der Waals surface area contributed by atoms with E-state index in [2.05, 4.69) is 11.4 Å². The smallest absolute Gasteiger partial charge is 0.0656 e. The van der Waals surface area contributed by atoms with Crippen LogP contribution in [0.3, 0.4) is 0 Å². The van der Waals surface area contributed by atoms with Crippen molar-refractivity contribution < 1.29 is 0 Å². The van der Waals surface area contributed by atoms with Crippen LogP contribution in [0.25, 0.3) is 0 Å². The molecule has 3 N–H and O–H groups in total. The van der Waals surface area contributed by atoms with Gasteiger partial charge in [0, 0.05) is 12.2 Å². The van der Waals surface area contributed by atoms with Crippen molar-refractivity contribution in [1.29, 1.82) is 0 Å². The van der Waals surface area contributed by atoms with E-state index in [1.54, 1.807) is 5.57 Å². The van der Waals surface area contributed by atoms with Gasteiger partial charge in [-0.15, -0.1) is 0 Å². The topological polar surface area (TPSA) is 38.0 Å². The maximum atomic E-state index is 6.02. The summed E-state index contributed by atoms with van der Waals surface area (Å²) < 4.78 is 0. The fraction of sp³-hybridized carbons (Fsp3) is 0.429. The highest BCUT2D eigenvalue weighted by atomic mass is 35.5. The van der Waals surface area contributed by atoms with Gasteiger partial charge in [0.2, 0.25) is 0 Å². The molecule has 0 atom stereocenters. The van der Waals surface area contributed by atoms with E-state index in [1.165, 1.54) is 19.3 Å². The summed E-state index contributed by atoms with van der Waals surface area (Å²) in [6.07, 6.45) is 7.33. The molecule has 0 saturated heterocycles. The van der Waals surface area contributed by atoms with Crippen LogP contribution in [0.2, 0.25) is 5.02 Å². The van der Waals surface area contributed by atoms with E-state index in [4.69, 9.17) is 17.3 Å². The molecule has 3 heteroatoms. The average Bonchev–Trinajstić information content (AvgIpc) is 2.78. The summed E-state index contributed by atoms with van der Waals surface area (Å²) in [4.78, 5) is 0. The molecule has 0 aliphatic heterocycles. The zero-order valence-electron chi connectivity index (χ0n) is 10.2. The first kappa shape index (κ1) is 12.3. The predicted octanol–water partition coefficient (Wildman–Crippen LogP) is 4.14. The van der Waals surface area contributed by atoms with Crippen LogP contribution in [0.15, 0.2) is 23.8 Å². The molecule has 1 aromatic rings. The Morgan fingerprint density at radius 1 is 1.41 bits per heavy atom. The summed E-state index contributed by atoms with van der Waals surface area (Å²) in [6.45, 7) is 3.01. The van der Waals surface area contributed by atoms with Crippen LogP contribution in [0.4, 0.5) is 11.4 Å². The van der Waals surface area contributed by atoms with Crippen molar-refractivity contribution in [3.8, 4) is 0 Å². The zero-order chi connectivity index (χ0) is 12.3. The van der Waals surface area contributed by atoms with Crippen LogP contribution in [-0.2, 0) is 0 Å². The van der Waals surface area contributed by atoms with Gasteiger partial charge in [-0.25, -0.2) is 0 Å². The van der Waals surface area contributed by atoms with Crippen molar-refractivity contribution >= 4 is 23.0 Å². The number of nitrogens with one attached hydrogen (secondary N) is 1. The SMILES string of the molecule is Cc1cc(N)c(Cl)cc1NCCC1=CCCC1. The van der Waals surface area contributed by atoms with E-state index in [9.17, 15) is 0 Å². The first-order valence-electron chi connectivity index (χ1n) is 6.14. The average molecular weight is 251 g/mol. The number of halogens is 1. The van der Waals surface area contributed by atoms with Crippen LogP contribution in [0, 0.1) is 6.92 Å². The molecule has 1 aliphatic carbocycles. The molecule has 0 spiro atoms. The Labute approximate surface area is 108 Å². The van der Waals surface area contributed by atoms with Gasteiger partial charge in [0.1, 0.15) is 0 Å². The highest BCUT2D eigenvalue weighted by Gasteiger charge is 2.06. The van der Waals surface area contributed by atoms with E-state index < -0.39 is 0 Å². The van der Waals surface area contributed by atoms with E-state index in [-0.39, 0.29) is 0 Å². The number of allylic oxidation sites excluding steroid dienone is 1. The number of anilines is 2. The first-order chi connectivity index (χ1) is 8.16. The van der Waals surface area contributed by atoms with Gasteiger partial charge in [-0.05, 0) is 50.3 Å². The molecule has 2 rings (SSSR count). The monoisotopic (exact) mass is 250 g/mol. The molecule has 0 amide bonds. The lowest BCUT2D eigenvalue weighted by Gasteiger charge is -2.11. The molecule has 0 fully saturated rings. The molecular weight excluding hydrogens is 232 g/mol. The van der Waals surface area contributed by atoms with Crippen molar-refractivity contribution in [1.82, 2.24) is 0 Å². The summed E-state index contributed by atoms with van der Waals surface area (Å²) in [5.74, 6) is 0. The Bertz CT molecular complexity index is 438. The van der Waals surface area contributed by atoms with Crippen LogP contribution >= 0.6 is 11.6 Å². The summed E-state index contributed by atoms with van der Waals surface area (Å²) in [6, 6.07) is 3.83. The lowest BCUT2D eigenvalue weighted by Crippen LogP contribution is -2.04. The van der Waals surface area contributed by atoms with E-state index in [0.29, 0.717) is 10.7 Å². The normalized spacial score (nSPS) is 14.8. The first-order valence-corrected chi connectivity index (χ1v) is 6.52. The highest BCUT2D eigenvalue weighted by molar-refractivity contribution is 6.33. The second-order valence-electron chi connectivity index (χ2n) is 4.62. The lowest BCUT2D eigenvalue weighted by molar-refractivity contribution is 0.863. The van der Waals surface area contributed by atoms with Gasteiger partial charge in [-0.3, -0.25) is 0 Å². The van der Waals surface area contributed by atoms with E-state index in [1.807, 2.05) is 19.1 Å². The van der Waals surface area contributed by atoms with Crippen molar-refractivity contribution in [3.63, 3.8) is 0 Å². The van der Waals surface area contributed by atoms with Crippen molar-refractivity contribution in [2.45, 2.75) is 32.6 Å². The Morgan fingerprint density at radius 2 is 2.24 bits per heavy atom. The molecule has 0 unspecified atom stereocenters. The number of hydrogen-bond acceptors (Lipinski definition) is 2. The molecule has 2 nitrogen and oxygen atoms in total. The minimum Gasteiger partial charge on any atom is -0.398 e. The van der Waals surface area contributed by atoms with Crippen molar-refractivity contribution in [3.05, 3.63) is 34.4 Å². The lowest BCUT2D eigenvalue weighted by atomic mass is 10.1. The number of nitrogen functional groups attached to an aromatic ring is 1. The summed E-state index contributed by atoms with van der Waals surface area (Å²) >= 11 is 6.02. The predicted molar refractivity (Wildman–Crippen MR) is 75.6 cm³/mol. The number of hydrogen-bond donors (Lipinski definition) is 2. The maximum absolute atomic E-state index is 6.02. The molecule has 1 aromatic carbocycles. The van der Waals surface area contributed by atoms with Crippen LogP contribution in [0.1, 0.15) is 31.2 Å².